The lowest BCUT2D eigenvalue weighted by Crippen LogP contribution is -2.11. The normalized spacial score (nSPS) is 10.4. The third-order valence-corrected chi connectivity index (χ3v) is 3.09. The Morgan fingerprint density at radius 3 is 2.48 bits per heavy atom. The summed E-state index contributed by atoms with van der Waals surface area (Å²) in [6, 6.07) is 14.7. The zero-order chi connectivity index (χ0) is 16.7. The minimum absolute atomic E-state index is 0.519. The first-order valence-electron chi connectivity index (χ1n) is 7.02. The summed E-state index contributed by atoms with van der Waals surface area (Å²) in [7, 11) is 5.46. The molecule has 0 unspecified atom stereocenters. The van der Waals surface area contributed by atoms with Gasteiger partial charge in [-0.2, -0.15) is 0 Å². The molecule has 1 N–H and O–H groups in total. The van der Waals surface area contributed by atoms with Crippen molar-refractivity contribution in [1.29, 1.82) is 0 Å². The Kier molecular flexibility index (Phi) is 5.57. The number of carbonyl (C=O) groups excluding carboxylic acids is 1. The van der Waals surface area contributed by atoms with Gasteiger partial charge >= 0.3 is 6.09 Å². The molecule has 1 amide bonds. The highest BCUT2D eigenvalue weighted by Gasteiger charge is 2.07. The van der Waals surface area contributed by atoms with Gasteiger partial charge in [0.2, 0.25) is 0 Å². The van der Waals surface area contributed by atoms with Gasteiger partial charge in [0.05, 0.1) is 19.0 Å². The monoisotopic (exact) mass is 313 g/mol. The zero-order valence-corrected chi connectivity index (χ0v) is 13.3. The molecule has 0 aliphatic carbocycles. The molecule has 120 valence electrons. The van der Waals surface area contributed by atoms with E-state index < -0.39 is 6.09 Å². The Morgan fingerprint density at radius 2 is 1.83 bits per heavy atom. The van der Waals surface area contributed by atoms with Crippen molar-refractivity contribution in [2.75, 3.05) is 31.4 Å². The van der Waals surface area contributed by atoms with Gasteiger partial charge in [-0.15, -0.1) is 0 Å². The number of ether oxygens (including phenoxy) is 1. The quantitative estimate of drug-likeness (QED) is 0.522. The Bertz CT molecular complexity index is 682. The van der Waals surface area contributed by atoms with Crippen LogP contribution in [0.25, 0.3) is 0 Å². The van der Waals surface area contributed by atoms with E-state index in [1.54, 1.807) is 18.2 Å². The van der Waals surface area contributed by atoms with E-state index in [9.17, 15) is 4.79 Å². The second-order valence-corrected chi connectivity index (χ2v) is 4.92. The van der Waals surface area contributed by atoms with E-state index in [2.05, 4.69) is 10.5 Å². The molecule has 2 aromatic carbocycles. The van der Waals surface area contributed by atoms with E-state index in [0.29, 0.717) is 11.4 Å². The number of nitrogens with one attached hydrogen (secondary N) is 1. The summed E-state index contributed by atoms with van der Waals surface area (Å²) in [4.78, 5) is 18.5. The molecule has 0 bridgehead atoms. The summed E-state index contributed by atoms with van der Waals surface area (Å²) < 4.78 is 5.14. The number of benzene rings is 2. The molecule has 6 nitrogen and oxygen atoms in total. The predicted octanol–water partition coefficient (Wildman–Crippen LogP) is 3.34. The van der Waals surface area contributed by atoms with Crippen LogP contribution in [-0.2, 0) is 4.84 Å². The lowest BCUT2D eigenvalue weighted by atomic mass is 10.2. The topological polar surface area (TPSA) is 63.2 Å². The largest absolute Gasteiger partial charge is 0.495 e. The lowest BCUT2D eigenvalue weighted by Gasteiger charge is -2.11. The fourth-order valence-electron chi connectivity index (χ4n) is 1.87. The van der Waals surface area contributed by atoms with Crippen LogP contribution < -0.4 is 15.0 Å². The summed E-state index contributed by atoms with van der Waals surface area (Å²) in [6.07, 6.45) is 0.789. The van der Waals surface area contributed by atoms with Crippen molar-refractivity contribution in [2.45, 2.75) is 0 Å². The number of carbonyl (C=O) groups is 1. The van der Waals surface area contributed by atoms with Gasteiger partial charge in [-0.1, -0.05) is 29.4 Å². The van der Waals surface area contributed by atoms with Gasteiger partial charge in [0.15, 0.2) is 0 Å². The van der Waals surface area contributed by atoms with E-state index in [0.717, 1.165) is 11.3 Å². The van der Waals surface area contributed by atoms with Crippen molar-refractivity contribution in [1.82, 2.24) is 0 Å². The number of hydrogen-bond acceptors (Lipinski definition) is 5. The minimum atomic E-state index is -0.685. The first kappa shape index (κ1) is 16.4. The SMILES string of the molecule is COc1ccccc1NC(=O)O/N=C\c1ccc(N(C)C)cc1. The summed E-state index contributed by atoms with van der Waals surface area (Å²) in [5.41, 5.74) is 2.43. The van der Waals surface area contributed by atoms with Gasteiger partial charge < -0.3 is 9.64 Å². The maximum Gasteiger partial charge on any atom is 0.437 e. The highest BCUT2D eigenvalue weighted by Crippen LogP contribution is 2.23. The molecule has 0 saturated heterocycles. The second kappa shape index (κ2) is 7.84. The molecule has 0 aromatic heterocycles. The Morgan fingerprint density at radius 1 is 1.13 bits per heavy atom. The number of amides is 1. The third kappa shape index (κ3) is 4.74. The minimum Gasteiger partial charge on any atom is -0.495 e. The van der Waals surface area contributed by atoms with Crippen molar-refractivity contribution in [3.63, 3.8) is 0 Å². The number of anilines is 2. The molecule has 0 aliphatic rings. The summed E-state index contributed by atoms with van der Waals surface area (Å²) in [6.45, 7) is 0. The molecule has 0 aliphatic heterocycles. The van der Waals surface area contributed by atoms with Crippen LogP contribution in [0.4, 0.5) is 16.2 Å². The number of methoxy groups -OCH3 is 1. The van der Waals surface area contributed by atoms with Crippen LogP contribution in [0.3, 0.4) is 0 Å². The van der Waals surface area contributed by atoms with Crippen molar-refractivity contribution in [3.8, 4) is 5.75 Å². The van der Waals surface area contributed by atoms with Gasteiger partial charge in [-0.3, -0.25) is 10.2 Å². The molecule has 23 heavy (non-hydrogen) atoms. The van der Waals surface area contributed by atoms with Crippen LogP contribution in [0.15, 0.2) is 53.7 Å². The van der Waals surface area contributed by atoms with Gasteiger partial charge in [0.1, 0.15) is 5.75 Å². The van der Waals surface area contributed by atoms with E-state index in [1.807, 2.05) is 49.3 Å². The van der Waals surface area contributed by atoms with E-state index >= 15 is 0 Å². The zero-order valence-electron chi connectivity index (χ0n) is 13.3. The van der Waals surface area contributed by atoms with E-state index in [-0.39, 0.29) is 0 Å². The lowest BCUT2D eigenvalue weighted by molar-refractivity contribution is 0.167. The number of nitrogens with zero attached hydrogens (tertiary/aromatic N) is 2. The molecule has 6 heteroatoms. The van der Waals surface area contributed by atoms with E-state index in [1.165, 1.54) is 13.3 Å². The molecule has 0 radical (unpaired) electrons. The van der Waals surface area contributed by atoms with Gasteiger partial charge in [0, 0.05) is 19.8 Å². The van der Waals surface area contributed by atoms with Crippen LogP contribution in [0, 0.1) is 0 Å². The Hall–Kier alpha value is -3.02. The fraction of sp³-hybridized carbons (Fsp3) is 0.176. The predicted molar refractivity (Wildman–Crippen MR) is 91.5 cm³/mol. The highest BCUT2D eigenvalue weighted by atomic mass is 16.7. The molecule has 0 saturated carbocycles. The van der Waals surface area contributed by atoms with Crippen LogP contribution in [0.1, 0.15) is 5.56 Å². The van der Waals surface area contributed by atoms with Gasteiger partial charge in [-0.25, -0.2) is 4.79 Å². The van der Waals surface area contributed by atoms with Crippen molar-refractivity contribution < 1.29 is 14.4 Å². The molecule has 0 atom stereocenters. The summed E-state index contributed by atoms with van der Waals surface area (Å²) >= 11 is 0. The van der Waals surface area contributed by atoms with Gasteiger partial charge in [-0.05, 0) is 29.8 Å². The summed E-state index contributed by atoms with van der Waals surface area (Å²) in [5.74, 6) is 0.549. The van der Waals surface area contributed by atoms with Crippen LogP contribution in [-0.4, -0.2) is 33.5 Å². The highest BCUT2D eigenvalue weighted by molar-refractivity contribution is 5.87. The summed E-state index contributed by atoms with van der Waals surface area (Å²) in [5, 5.41) is 6.24. The fourth-order valence-corrected chi connectivity index (χ4v) is 1.87. The molecule has 2 aromatic rings. The molecular weight excluding hydrogens is 294 g/mol. The number of hydrogen-bond donors (Lipinski definition) is 1. The average Bonchev–Trinajstić information content (AvgIpc) is 2.56. The van der Waals surface area contributed by atoms with Crippen molar-refractivity contribution in [2.24, 2.45) is 5.16 Å². The molecule has 0 heterocycles. The number of oxime groups is 1. The maximum atomic E-state index is 11.7. The smallest absolute Gasteiger partial charge is 0.437 e. The second-order valence-electron chi connectivity index (χ2n) is 4.92. The molecule has 0 fully saturated rings. The van der Waals surface area contributed by atoms with Crippen LogP contribution in [0.5, 0.6) is 5.75 Å². The molecule has 2 rings (SSSR count). The number of rotatable bonds is 5. The van der Waals surface area contributed by atoms with E-state index in [4.69, 9.17) is 9.57 Å². The van der Waals surface area contributed by atoms with Crippen molar-refractivity contribution >= 4 is 23.7 Å². The first-order chi connectivity index (χ1) is 11.1. The molecular formula is C17H19N3O3. The van der Waals surface area contributed by atoms with Gasteiger partial charge in [0.25, 0.3) is 0 Å². The van der Waals surface area contributed by atoms with Crippen molar-refractivity contribution in [3.05, 3.63) is 54.1 Å². The standard InChI is InChI=1S/C17H19N3O3/c1-20(2)14-10-8-13(9-11-14)12-18-23-17(21)19-15-6-4-5-7-16(15)22-3/h4-12H,1-3H3,(H,19,21)/b18-12-. The third-order valence-electron chi connectivity index (χ3n) is 3.09. The number of para-hydroxylation sites is 2. The average molecular weight is 313 g/mol. The Labute approximate surface area is 135 Å². The maximum absolute atomic E-state index is 11.7. The molecule has 0 spiro atoms. The van der Waals surface area contributed by atoms with Crippen LogP contribution in [0.2, 0.25) is 0 Å². The first-order valence-corrected chi connectivity index (χ1v) is 7.02. The van der Waals surface area contributed by atoms with Crippen LogP contribution >= 0.6 is 0 Å². The Balaban J connectivity index is 1.91.